The van der Waals surface area contributed by atoms with Crippen molar-refractivity contribution >= 4 is 11.6 Å². The van der Waals surface area contributed by atoms with Gasteiger partial charge in [-0.25, -0.2) is 0 Å². The fourth-order valence-electron chi connectivity index (χ4n) is 1.66. The summed E-state index contributed by atoms with van der Waals surface area (Å²) in [6.07, 6.45) is 3.37. The summed E-state index contributed by atoms with van der Waals surface area (Å²) in [5.74, 6) is 0.386. The maximum Gasteiger partial charge on any atom is 0.251 e. The van der Waals surface area contributed by atoms with Crippen LogP contribution in [0.15, 0.2) is 42.7 Å². The molecule has 1 amide bonds. The number of pyridine rings is 1. The van der Waals surface area contributed by atoms with E-state index in [1.54, 1.807) is 30.6 Å². The summed E-state index contributed by atoms with van der Waals surface area (Å²) in [6, 6.07) is 8.65. The van der Waals surface area contributed by atoms with Crippen molar-refractivity contribution in [1.29, 1.82) is 0 Å². The molecule has 2 rings (SSSR count). The Bertz CT molecular complexity index is 570. The maximum absolute atomic E-state index is 11.9. The van der Waals surface area contributed by atoms with Crippen molar-refractivity contribution in [3.05, 3.63) is 53.9 Å². The molecule has 0 unspecified atom stereocenters. The Kier molecular flexibility index (Phi) is 3.97. The maximum atomic E-state index is 11.9. The number of ether oxygens (including phenoxy) is 1. The van der Waals surface area contributed by atoms with E-state index in [9.17, 15) is 4.79 Å². The van der Waals surface area contributed by atoms with E-state index in [2.05, 4.69) is 10.3 Å². The third-order valence-corrected chi connectivity index (χ3v) is 2.69. The van der Waals surface area contributed by atoms with Crippen LogP contribution in [0.25, 0.3) is 0 Å². The van der Waals surface area contributed by atoms with Crippen molar-refractivity contribution in [2.75, 3.05) is 12.8 Å². The lowest BCUT2D eigenvalue weighted by Gasteiger charge is -2.08. The molecule has 5 nitrogen and oxygen atoms in total. The van der Waals surface area contributed by atoms with Gasteiger partial charge in [-0.05, 0) is 35.9 Å². The number of carbonyl (C=O) groups excluding carboxylic acids is 1. The molecule has 1 aromatic heterocycles. The Morgan fingerprint density at radius 1 is 1.32 bits per heavy atom. The van der Waals surface area contributed by atoms with Crippen LogP contribution in [0.3, 0.4) is 0 Å². The lowest BCUT2D eigenvalue weighted by Crippen LogP contribution is -2.22. The number of hydrogen-bond donors (Lipinski definition) is 2. The number of benzene rings is 1. The molecule has 0 radical (unpaired) electrons. The van der Waals surface area contributed by atoms with Gasteiger partial charge in [0.05, 0.1) is 12.8 Å². The summed E-state index contributed by atoms with van der Waals surface area (Å²) in [6.45, 7) is 0.452. The third-order valence-electron chi connectivity index (χ3n) is 2.69. The molecule has 0 saturated carbocycles. The number of nitrogens with zero attached hydrogens (tertiary/aromatic N) is 1. The summed E-state index contributed by atoms with van der Waals surface area (Å²) in [4.78, 5) is 15.9. The van der Waals surface area contributed by atoms with Crippen LogP contribution in [0.2, 0.25) is 0 Å². The van der Waals surface area contributed by atoms with Gasteiger partial charge in [0, 0.05) is 24.5 Å². The lowest BCUT2D eigenvalue weighted by atomic mass is 10.1. The van der Waals surface area contributed by atoms with E-state index in [0.29, 0.717) is 23.5 Å². The lowest BCUT2D eigenvalue weighted by molar-refractivity contribution is 0.0951. The molecule has 0 aliphatic rings. The Balaban J connectivity index is 2.02. The van der Waals surface area contributed by atoms with Gasteiger partial charge >= 0.3 is 0 Å². The SMILES string of the molecule is COc1ccc(C(=O)NCc2ccncc2)cc1N. The van der Waals surface area contributed by atoms with E-state index in [4.69, 9.17) is 10.5 Å². The first-order valence-electron chi connectivity index (χ1n) is 5.81. The van der Waals surface area contributed by atoms with Crippen molar-refractivity contribution in [3.63, 3.8) is 0 Å². The van der Waals surface area contributed by atoms with Gasteiger partial charge in [-0.2, -0.15) is 0 Å². The van der Waals surface area contributed by atoms with Crippen molar-refractivity contribution in [2.24, 2.45) is 0 Å². The standard InChI is InChI=1S/C14H15N3O2/c1-19-13-3-2-11(8-12(13)15)14(18)17-9-10-4-6-16-7-5-10/h2-8H,9,15H2,1H3,(H,17,18). The molecule has 0 atom stereocenters. The number of methoxy groups -OCH3 is 1. The van der Waals surface area contributed by atoms with Crippen LogP contribution < -0.4 is 15.8 Å². The van der Waals surface area contributed by atoms with Crippen molar-refractivity contribution in [2.45, 2.75) is 6.54 Å². The number of nitrogens with two attached hydrogens (primary N) is 1. The summed E-state index contributed by atoms with van der Waals surface area (Å²) in [5.41, 5.74) is 7.70. The topological polar surface area (TPSA) is 77.2 Å². The number of amides is 1. The molecule has 1 heterocycles. The normalized spacial score (nSPS) is 9.95. The first-order valence-corrected chi connectivity index (χ1v) is 5.81. The van der Waals surface area contributed by atoms with Crippen LogP contribution in [-0.2, 0) is 6.54 Å². The smallest absolute Gasteiger partial charge is 0.251 e. The van der Waals surface area contributed by atoms with Crippen LogP contribution >= 0.6 is 0 Å². The minimum atomic E-state index is -0.175. The number of nitrogens with one attached hydrogen (secondary N) is 1. The van der Waals surface area contributed by atoms with Gasteiger partial charge in [0.25, 0.3) is 5.91 Å². The minimum absolute atomic E-state index is 0.175. The predicted octanol–water partition coefficient (Wildman–Crippen LogP) is 1.60. The fourth-order valence-corrected chi connectivity index (χ4v) is 1.66. The summed E-state index contributed by atoms with van der Waals surface area (Å²) in [7, 11) is 1.54. The highest BCUT2D eigenvalue weighted by Crippen LogP contribution is 2.21. The molecule has 3 N–H and O–H groups in total. The average molecular weight is 257 g/mol. The van der Waals surface area contributed by atoms with E-state index in [0.717, 1.165) is 5.56 Å². The monoisotopic (exact) mass is 257 g/mol. The molecule has 0 aliphatic heterocycles. The highest BCUT2D eigenvalue weighted by Gasteiger charge is 2.08. The third kappa shape index (κ3) is 3.22. The van der Waals surface area contributed by atoms with E-state index in [1.807, 2.05) is 12.1 Å². The molecule has 19 heavy (non-hydrogen) atoms. The Hall–Kier alpha value is -2.56. The quantitative estimate of drug-likeness (QED) is 0.816. The van der Waals surface area contributed by atoms with Gasteiger partial charge in [-0.3, -0.25) is 9.78 Å². The largest absolute Gasteiger partial charge is 0.495 e. The van der Waals surface area contributed by atoms with E-state index >= 15 is 0 Å². The predicted molar refractivity (Wildman–Crippen MR) is 72.8 cm³/mol. The Morgan fingerprint density at radius 2 is 2.05 bits per heavy atom. The highest BCUT2D eigenvalue weighted by atomic mass is 16.5. The van der Waals surface area contributed by atoms with Crippen molar-refractivity contribution < 1.29 is 9.53 Å². The van der Waals surface area contributed by atoms with Gasteiger partial charge < -0.3 is 15.8 Å². The molecular weight excluding hydrogens is 242 g/mol. The molecule has 0 fully saturated rings. The van der Waals surface area contributed by atoms with Gasteiger partial charge in [-0.15, -0.1) is 0 Å². The first-order chi connectivity index (χ1) is 9.20. The molecule has 5 heteroatoms. The van der Waals surface area contributed by atoms with E-state index in [-0.39, 0.29) is 5.91 Å². The second kappa shape index (κ2) is 5.86. The number of aromatic nitrogens is 1. The highest BCUT2D eigenvalue weighted by molar-refractivity contribution is 5.95. The zero-order chi connectivity index (χ0) is 13.7. The second-order valence-electron chi connectivity index (χ2n) is 3.99. The fraction of sp³-hybridized carbons (Fsp3) is 0.143. The van der Waals surface area contributed by atoms with E-state index in [1.165, 1.54) is 7.11 Å². The molecule has 0 bridgehead atoms. The molecule has 0 aliphatic carbocycles. The number of anilines is 1. The van der Waals surface area contributed by atoms with Crippen molar-refractivity contribution in [3.8, 4) is 5.75 Å². The average Bonchev–Trinajstić information content (AvgIpc) is 2.45. The van der Waals surface area contributed by atoms with Crippen LogP contribution in [0, 0.1) is 0 Å². The zero-order valence-electron chi connectivity index (χ0n) is 10.6. The molecule has 98 valence electrons. The summed E-state index contributed by atoms with van der Waals surface area (Å²) < 4.78 is 5.05. The number of hydrogen-bond acceptors (Lipinski definition) is 4. The van der Waals surface area contributed by atoms with Gasteiger partial charge in [0.1, 0.15) is 5.75 Å². The summed E-state index contributed by atoms with van der Waals surface area (Å²) >= 11 is 0. The molecule has 0 saturated heterocycles. The zero-order valence-corrected chi connectivity index (χ0v) is 10.6. The number of rotatable bonds is 4. The molecule has 1 aromatic carbocycles. The van der Waals surface area contributed by atoms with Gasteiger partial charge in [-0.1, -0.05) is 0 Å². The van der Waals surface area contributed by atoms with E-state index < -0.39 is 0 Å². The number of carbonyl (C=O) groups is 1. The van der Waals surface area contributed by atoms with Crippen molar-refractivity contribution in [1.82, 2.24) is 10.3 Å². The molecule has 2 aromatic rings. The number of nitrogen functional groups attached to an aromatic ring is 1. The van der Waals surface area contributed by atoms with Crippen LogP contribution in [-0.4, -0.2) is 18.0 Å². The van der Waals surface area contributed by atoms with Gasteiger partial charge in [0.2, 0.25) is 0 Å². The Labute approximate surface area is 111 Å². The molecule has 0 spiro atoms. The van der Waals surface area contributed by atoms with Crippen LogP contribution in [0.4, 0.5) is 5.69 Å². The Morgan fingerprint density at radius 3 is 2.68 bits per heavy atom. The second-order valence-corrected chi connectivity index (χ2v) is 3.99. The van der Waals surface area contributed by atoms with Crippen LogP contribution in [0.1, 0.15) is 15.9 Å². The van der Waals surface area contributed by atoms with Gasteiger partial charge in [0.15, 0.2) is 0 Å². The van der Waals surface area contributed by atoms with Crippen LogP contribution in [0.5, 0.6) is 5.75 Å². The summed E-state index contributed by atoms with van der Waals surface area (Å²) in [5, 5.41) is 2.82. The minimum Gasteiger partial charge on any atom is -0.495 e. The first kappa shape index (κ1) is 12.9. The molecular formula is C14H15N3O2.